The summed E-state index contributed by atoms with van der Waals surface area (Å²) in [6.07, 6.45) is 10.2. The van der Waals surface area contributed by atoms with E-state index in [1.807, 2.05) is 0 Å². The maximum absolute atomic E-state index is 6.98. The highest BCUT2D eigenvalue weighted by molar-refractivity contribution is 6.50. The maximum Gasteiger partial charge on any atom is 0.380 e. The molecule has 1 aliphatic carbocycles. The molecule has 2 nitrogen and oxygen atoms in total. The number of hydrogen-bond acceptors (Lipinski definition) is 2. The fourth-order valence-electron chi connectivity index (χ4n) is 5.15. The molecule has 0 bridgehead atoms. The molecule has 0 radical (unpaired) electrons. The van der Waals surface area contributed by atoms with Crippen LogP contribution in [0, 0.1) is 5.92 Å². The lowest BCUT2D eigenvalue weighted by Crippen LogP contribution is -2.48. The van der Waals surface area contributed by atoms with E-state index in [1.165, 1.54) is 56.1 Å². The maximum atomic E-state index is 6.98. The van der Waals surface area contributed by atoms with Crippen LogP contribution in [0.2, 0.25) is 6.32 Å². The van der Waals surface area contributed by atoms with E-state index in [9.17, 15) is 0 Å². The zero-order valence-corrected chi connectivity index (χ0v) is 16.6. The molecule has 1 unspecified atom stereocenters. The van der Waals surface area contributed by atoms with Crippen molar-refractivity contribution in [1.82, 2.24) is 5.23 Å². The van der Waals surface area contributed by atoms with Crippen molar-refractivity contribution in [3.63, 3.8) is 0 Å². The molecule has 0 spiro atoms. The van der Waals surface area contributed by atoms with Gasteiger partial charge in [-0.25, -0.2) is 0 Å². The number of unbranched alkanes of at least 4 members (excludes halogenated alkanes) is 1. The first-order chi connectivity index (χ1) is 13.3. The highest BCUT2D eigenvalue weighted by Crippen LogP contribution is 2.47. The fourth-order valence-corrected chi connectivity index (χ4v) is 5.15. The molecule has 1 heterocycles. The number of rotatable bonds is 6. The van der Waals surface area contributed by atoms with Gasteiger partial charge in [0.05, 0.1) is 0 Å². The summed E-state index contributed by atoms with van der Waals surface area (Å²) in [6.45, 7) is 2.26. The quantitative estimate of drug-likeness (QED) is 0.658. The van der Waals surface area contributed by atoms with E-state index in [4.69, 9.17) is 4.65 Å². The van der Waals surface area contributed by atoms with Gasteiger partial charge >= 0.3 is 7.05 Å². The molecule has 27 heavy (non-hydrogen) atoms. The summed E-state index contributed by atoms with van der Waals surface area (Å²) in [4.78, 5) is 0. The third-order valence-corrected chi connectivity index (χ3v) is 6.48. The van der Waals surface area contributed by atoms with Crippen LogP contribution >= 0.6 is 0 Å². The van der Waals surface area contributed by atoms with Crippen molar-refractivity contribution in [3.8, 4) is 0 Å². The summed E-state index contributed by atoms with van der Waals surface area (Å²) in [6, 6.07) is 22.2. The topological polar surface area (TPSA) is 21.3 Å². The molecule has 2 aliphatic rings. The molecule has 3 heteroatoms. The SMILES string of the molecule is CCCCB1NC(C2CCCCC2)C(c2ccccc2)(c2ccccc2)O1. The van der Waals surface area contributed by atoms with Crippen LogP contribution in [0.5, 0.6) is 0 Å². The van der Waals surface area contributed by atoms with Crippen LogP contribution in [0.15, 0.2) is 60.7 Å². The van der Waals surface area contributed by atoms with E-state index in [0.717, 1.165) is 6.32 Å². The molecular weight excluding hydrogens is 329 g/mol. The number of nitrogens with one attached hydrogen (secondary N) is 1. The Kier molecular flexibility index (Phi) is 6.00. The third-order valence-electron chi connectivity index (χ3n) is 6.48. The van der Waals surface area contributed by atoms with E-state index in [-0.39, 0.29) is 12.7 Å². The van der Waals surface area contributed by atoms with Gasteiger partial charge < -0.3 is 9.88 Å². The van der Waals surface area contributed by atoms with Gasteiger partial charge in [-0.1, -0.05) is 99.7 Å². The Morgan fingerprint density at radius 1 is 0.926 bits per heavy atom. The van der Waals surface area contributed by atoms with Crippen LogP contribution < -0.4 is 5.23 Å². The summed E-state index contributed by atoms with van der Waals surface area (Å²) in [5.74, 6) is 0.672. The molecule has 2 aromatic rings. The number of hydrogen-bond donors (Lipinski definition) is 1. The summed E-state index contributed by atoms with van der Waals surface area (Å²) in [5, 5.41) is 3.96. The van der Waals surface area contributed by atoms with Crippen LogP contribution in [0.25, 0.3) is 0 Å². The summed E-state index contributed by atoms with van der Waals surface area (Å²) in [7, 11) is 0.136. The van der Waals surface area contributed by atoms with Gasteiger partial charge in [-0.15, -0.1) is 0 Å². The minimum absolute atomic E-state index is 0.136. The van der Waals surface area contributed by atoms with Crippen molar-refractivity contribution in [3.05, 3.63) is 71.8 Å². The van der Waals surface area contributed by atoms with Crippen LogP contribution in [0.1, 0.15) is 63.0 Å². The van der Waals surface area contributed by atoms with Crippen molar-refractivity contribution in [2.75, 3.05) is 0 Å². The van der Waals surface area contributed by atoms with Crippen molar-refractivity contribution in [1.29, 1.82) is 0 Å². The van der Waals surface area contributed by atoms with Gasteiger partial charge in [-0.05, 0) is 36.2 Å². The second kappa shape index (κ2) is 8.62. The Morgan fingerprint density at radius 3 is 2.07 bits per heavy atom. The molecule has 1 aliphatic heterocycles. The summed E-state index contributed by atoms with van der Waals surface area (Å²) in [5.41, 5.74) is 2.19. The van der Waals surface area contributed by atoms with Gasteiger partial charge in [0.2, 0.25) is 0 Å². The minimum atomic E-state index is -0.386. The average Bonchev–Trinajstić information content (AvgIpc) is 3.15. The van der Waals surface area contributed by atoms with Crippen LogP contribution in [-0.4, -0.2) is 13.1 Å². The Hall–Kier alpha value is -1.58. The number of benzene rings is 2. The second-order valence-electron chi connectivity index (χ2n) is 8.26. The van der Waals surface area contributed by atoms with Gasteiger partial charge in [0.1, 0.15) is 5.60 Å². The largest absolute Gasteiger partial charge is 0.406 e. The van der Waals surface area contributed by atoms with Gasteiger partial charge in [-0.3, -0.25) is 0 Å². The highest BCUT2D eigenvalue weighted by atomic mass is 16.5. The highest BCUT2D eigenvalue weighted by Gasteiger charge is 2.54. The van der Waals surface area contributed by atoms with E-state index >= 15 is 0 Å². The first-order valence-corrected chi connectivity index (χ1v) is 10.9. The lowest BCUT2D eigenvalue weighted by molar-refractivity contribution is 0.0767. The van der Waals surface area contributed by atoms with E-state index < -0.39 is 0 Å². The van der Waals surface area contributed by atoms with Crippen molar-refractivity contribution < 1.29 is 4.65 Å². The monoisotopic (exact) mass is 361 g/mol. The van der Waals surface area contributed by atoms with Gasteiger partial charge in [0.15, 0.2) is 0 Å². The molecule has 1 atom stereocenters. The van der Waals surface area contributed by atoms with Gasteiger partial charge in [0.25, 0.3) is 0 Å². The zero-order chi connectivity index (χ0) is 18.5. The predicted molar refractivity (Wildman–Crippen MR) is 114 cm³/mol. The average molecular weight is 361 g/mol. The van der Waals surface area contributed by atoms with Crippen molar-refractivity contribution in [2.45, 2.75) is 69.8 Å². The minimum Gasteiger partial charge on any atom is -0.406 e. The first-order valence-electron chi connectivity index (χ1n) is 10.9. The standard InChI is InChI=1S/C24H32BNO/c1-2-3-19-25-26-23(20-13-7-4-8-14-20)24(27-25,21-15-9-5-10-16-21)22-17-11-6-12-18-22/h5-6,9-12,15-18,20,23,26H,2-4,7-8,13-14,19H2,1H3. The summed E-state index contributed by atoms with van der Waals surface area (Å²) < 4.78 is 6.98. The predicted octanol–water partition coefficient (Wildman–Crippen LogP) is 5.79. The molecule has 0 amide bonds. The van der Waals surface area contributed by atoms with Crippen LogP contribution in [0.4, 0.5) is 0 Å². The Labute approximate surface area is 164 Å². The second-order valence-corrected chi connectivity index (χ2v) is 8.26. The van der Waals surface area contributed by atoms with E-state index in [1.54, 1.807) is 0 Å². The molecule has 1 saturated carbocycles. The molecule has 1 N–H and O–H groups in total. The lowest BCUT2D eigenvalue weighted by Gasteiger charge is -2.41. The molecule has 142 valence electrons. The van der Waals surface area contributed by atoms with Crippen molar-refractivity contribution >= 4 is 7.05 Å². The van der Waals surface area contributed by atoms with Crippen LogP contribution in [-0.2, 0) is 10.3 Å². The van der Waals surface area contributed by atoms with Gasteiger partial charge in [-0.2, -0.15) is 0 Å². The Morgan fingerprint density at radius 2 is 1.52 bits per heavy atom. The molecular formula is C24H32BNO. The molecule has 2 aromatic carbocycles. The zero-order valence-electron chi connectivity index (χ0n) is 16.6. The van der Waals surface area contributed by atoms with Gasteiger partial charge in [0, 0.05) is 6.04 Å². The fraction of sp³-hybridized carbons (Fsp3) is 0.500. The normalized spacial score (nSPS) is 22.9. The molecule has 2 fully saturated rings. The third kappa shape index (κ3) is 3.72. The molecule has 0 aromatic heterocycles. The molecule has 1 saturated heterocycles. The van der Waals surface area contributed by atoms with Crippen molar-refractivity contribution in [2.24, 2.45) is 5.92 Å². The Balaban J connectivity index is 1.79. The van der Waals surface area contributed by atoms with Crippen LogP contribution in [0.3, 0.4) is 0 Å². The first kappa shape index (κ1) is 18.8. The summed E-state index contributed by atoms with van der Waals surface area (Å²) >= 11 is 0. The lowest BCUT2D eigenvalue weighted by atomic mass is 9.71. The van der Waals surface area contributed by atoms with E-state index in [0.29, 0.717) is 12.0 Å². The van der Waals surface area contributed by atoms with E-state index in [2.05, 4.69) is 72.8 Å². The smallest absolute Gasteiger partial charge is 0.380 e. The Bertz CT molecular complexity index is 659. The molecule has 4 rings (SSSR count).